The van der Waals surface area contributed by atoms with E-state index in [4.69, 9.17) is 73.8 Å². The Labute approximate surface area is 538 Å². The van der Waals surface area contributed by atoms with Crippen LogP contribution in [0.15, 0.2) is 44.5 Å². The first-order valence-electron chi connectivity index (χ1n) is 27.9. The molecule has 0 bridgehead atoms. The van der Waals surface area contributed by atoms with Crippen LogP contribution in [0, 0.1) is 5.92 Å². The summed E-state index contributed by atoms with van der Waals surface area (Å²) in [7, 11) is -28.7. The number of rotatable bonds is 25. The Bertz CT molecular complexity index is 4970. The maximum Gasteiger partial charge on any atom is 0.490 e. The highest BCUT2D eigenvalue weighted by molar-refractivity contribution is 7.66. The van der Waals surface area contributed by atoms with E-state index in [0.29, 0.717) is 0 Å². The predicted molar refractivity (Wildman–Crippen MR) is 313 cm³/mol. The second-order valence-corrected chi connectivity index (χ2v) is 29.5. The molecule has 0 radical (unpaired) electrons. The molecule has 5 fully saturated rings. The van der Waals surface area contributed by atoms with E-state index in [1.807, 2.05) is 0 Å². The number of imidazole rings is 4. The molecule has 0 amide bonds. The summed E-state index contributed by atoms with van der Waals surface area (Å²) in [5, 5.41) is 44.8. The number of nitrogens with one attached hydrogen (secondary N) is 4. The molecule has 532 valence electrons. The standard InChI is InChI=1S/C42H53N20O31P5/c1-81-26-25(91-95(73,74)82-3-12-21(64)22(65)35(86-12)59-7-47-16-27(59)51-38(43)55-31(16)67)15(88-37(26)61-9-49-18-29(61)53-40(45)57-33(18)69)6-83-94(71,72)90-24-14(87-36(23(24)66)60-8-48-17-28(60)52-39(44)56-32(17)68)5-85-97(77,78)93-98(79,80)92-96(75,76)84-4-13-20(63)11-2-42(11,89-13)62-10-50-19-30(62)54-41(46)58-34(19)70/h7-15,20-26,35-37,63-66H,2-6H2,1H3,(H,71,72)(H,73,74)(H,75,76)(H,77,78)(H,79,80)(H3,43,51,55,67)(H3,44,52,56,68)(H3,45,53,57,69)(H3,46,54,58,70)/t11?,12-,13+,14-,15-,20?,21?,22?,23?,24?,25?,26?,35-,36-,37-,42?/m1/s1. The van der Waals surface area contributed by atoms with Gasteiger partial charge in [-0.05, 0) is 0 Å². The number of ether oxygens (including phenoxy) is 5. The van der Waals surface area contributed by atoms with Crippen LogP contribution in [0.25, 0.3) is 44.7 Å². The molecule has 98 heavy (non-hydrogen) atoms. The number of methoxy groups -OCH3 is 1. The van der Waals surface area contributed by atoms with Gasteiger partial charge in [-0.25, -0.2) is 42.8 Å². The fourth-order valence-electron chi connectivity index (χ4n) is 11.5. The lowest BCUT2D eigenvalue weighted by atomic mass is 10.1. The largest absolute Gasteiger partial charge is 0.490 e. The molecule has 8 aromatic heterocycles. The van der Waals surface area contributed by atoms with Crippen molar-refractivity contribution in [2.75, 3.05) is 56.5 Å². The maximum absolute atomic E-state index is 14.2. The Hall–Kier alpha value is -7.13. The van der Waals surface area contributed by atoms with E-state index >= 15 is 0 Å². The van der Waals surface area contributed by atoms with Gasteiger partial charge in [0.05, 0.1) is 57.8 Å². The van der Waals surface area contributed by atoms with Crippen LogP contribution < -0.4 is 45.2 Å². The number of H-pyrrole nitrogens is 4. The number of nitrogen functional groups attached to an aromatic ring is 4. The number of phosphoric ester groups is 4. The summed E-state index contributed by atoms with van der Waals surface area (Å²) in [6, 6.07) is 0. The molecular weight excluding hydrogens is 1440 g/mol. The van der Waals surface area contributed by atoms with E-state index in [1.54, 1.807) is 0 Å². The van der Waals surface area contributed by atoms with Gasteiger partial charge in [-0.2, -0.15) is 28.6 Å². The minimum absolute atomic E-state index is 0.0450. The van der Waals surface area contributed by atoms with E-state index in [2.05, 4.69) is 68.4 Å². The molecule has 8 aromatic rings. The van der Waals surface area contributed by atoms with Crippen LogP contribution >= 0.6 is 39.1 Å². The van der Waals surface area contributed by atoms with Crippen molar-refractivity contribution in [1.82, 2.24) is 78.1 Å². The van der Waals surface area contributed by atoms with Crippen LogP contribution in [0.5, 0.6) is 0 Å². The SMILES string of the molecule is COC1C(OP(=O)(O)OC[C@H]2O[C@@H](n3cnc4c(=O)[nH]c(N)nc43)C(O)C2O)[C@@H](COP(=O)(O)OC2C(O)[C@H](n3cnc4c(=O)[nH]c(N)nc43)O[C@@H]2COP(=O)(O)OP(=O)(O)OP(=O)(O)OC[C@@H]2OC3(n4cnc5c(=O)[nH]c(N)nc54)CC3C2O)O[C@H]1n1cnc2c(=O)[nH]c(N)nc21. The fraction of sp³-hybridized carbons (Fsp3) is 0.524. The predicted octanol–water partition coefficient (Wildman–Crippen LogP) is -5.56. The first kappa shape index (κ1) is 69.4. The van der Waals surface area contributed by atoms with E-state index in [9.17, 15) is 86.9 Å². The molecule has 21 N–H and O–H groups in total. The molecule has 1 saturated carbocycles. The lowest BCUT2D eigenvalue weighted by Crippen LogP contribution is -2.38. The first-order chi connectivity index (χ1) is 46.0. The monoisotopic (exact) mass is 1490 g/mol. The Morgan fingerprint density at radius 3 is 1.35 bits per heavy atom. The highest BCUT2D eigenvalue weighted by atomic mass is 31.3. The van der Waals surface area contributed by atoms with Crippen molar-refractivity contribution in [3.8, 4) is 0 Å². The summed E-state index contributed by atoms with van der Waals surface area (Å²) in [5.41, 5.74) is 16.2. The molecule has 1 aliphatic carbocycles. The van der Waals surface area contributed by atoms with Gasteiger partial charge in [-0.3, -0.25) is 84.5 Å². The number of aliphatic hydroxyl groups is 4. The van der Waals surface area contributed by atoms with E-state index in [0.717, 1.165) is 39.8 Å². The van der Waals surface area contributed by atoms with Crippen molar-refractivity contribution < 1.29 is 127 Å². The van der Waals surface area contributed by atoms with E-state index < -0.39 is 208 Å². The van der Waals surface area contributed by atoms with Crippen LogP contribution in [0.2, 0.25) is 0 Å². The highest BCUT2D eigenvalue weighted by Gasteiger charge is 2.69. The Morgan fingerprint density at radius 2 is 0.857 bits per heavy atom. The summed E-state index contributed by atoms with van der Waals surface area (Å²) in [4.78, 5) is 146. The Kier molecular flexibility index (Phi) is 17.8. The number of aromatic amines is 4. The van der Waals surface area contributed by atoms with Crippen molar-refractivity contribution >= 4 is 108 Å². The van der Waals surface area contributed by atoms with Gasteiger partial charge in [0.25, 0.3) is 22.2 Å². The zero-order valence-electron chi connectivity index (χ0n) is 48.9. The Morgan fingerprint density at radius 1 is 0.480 bits per heavy atom. The molecular formula is C42H53N20O31P5. The molecule has 51 nitrogen and oxygen atoms in total. The molecule has 0 spiro atoms. The number of nitrogens with zero attached hydrogens (tertiary/aromatic N) is 12. The van der Waals surface area contributed by atoms with Crippen molar-refractivity contribution in [1.29, 1.82) is 0 Å². The summed E-state index contributed by atoms with van der Waals surface area (Å²) < 4.78 is 141. The number of aliphatic hydroxyl groups excluding tert-OH is 4. The summed E-state index contributed by atoms with van der Waals surface area (Å²) >= 11 is 0. The molecule has 0 aromatic carbocycles. The summed E-state index contributed by atoms with van der Waals surface area (Å²) in [6.07, 6.45) is -21.7. The van der Waals surface area contributed by atoms with Crippen molar-refractivity contribution in [3.63, 3.8) is 0 Å². The minimum atomic E-state index is -6.31. The number of fused-ring (bicyclic) bond motifs is 5. The smallest absolute Gasteiger partial charge is 0.390 e. The molecule has 4 aliphatic heterocycles. The second-order valence-electron chi connectivity index (χ2n) is 22.1. The average Bonchev–Trinajstić information content (AvgIpc) is 1.52. The third-order valence-electron chi connectivity index (χ3n) is 15.8. The third kappa shape index (κ3) is 13.1. The van der Waals surface area contributed by atoms with Crippen molar-refractivity contribution in [3.05, 3.63) is 66.7 Å². The Balaban J connectivity index is 0.703. The molecule has 5 aliphatic rings. The summed E-state index contributed by atoms with van der Waals surface area (Å²) in [5.74, 6) is -2.31. The first-order valence-corrected chi connectivity index (χ1v) is 35.3. The average molecular weight is 1490 g/mol. The van der Waals surface area contributed by atoms with Crippen LogP contribution in [0.3, 0.4) is 0 Å². The van der Waals surface area contributed by atoms with Crippen LogP contribution in [0.1, 0.15) is 25.1 Å². The molecule has 14 unspecified atom stereocenters. The second kappa shape index (κ2) is 25.2. The fourth-order valence-corrected chi connectivity index (χ4v) is 17.0. The lowest BCUT2D eigenvalue weighted by molar-refractivity contribution is -0.0846. The topological polar surface area (TPSA) is 746 Å². The zero-order valence-corrected chi connectivity index (χ0v) is 53.4. The molecule has 56 heteroatoms. The highest BCUT2D eigenvalue weighted by Crippen LogP contribution is 2.68. The van der Waals surface area contributed by atoms with Crippen LogP contribution in [-0.2, 0) is 88.0 Å². The molecule has 21 atom stereocenters. The number of hydrogen-bond acceptors (Lipinski definition) is 38. The van der Waals surface area contributed by atoms with Crippen LogP contribution in [0.4, 0.5) is 23.8 Å². The number of aromatic nitrogens is 16. The minimum Gasteiger partial charge on any atom is -0.390 e. The lowest BCUT2D eigenvalue weighted by Gasteiger charge is -2.27. The zero-order chi connectivity index (χ0) is 70.2. The normalized spacial score (nSPS) is 31.8. The summed E-state index contributed by atoms with van der Waals surface area (Å²) in [6.45, 7) is -4.87. The third-order valence-corrected chi connectivity index (χ3v) is 22.0. The van der Waals surface area contributed by atoms with Crippen LogP contribution in [-0.4, -0.2) is 224 Å². The van der Waals surface area contributed by atoms with Gasteiger partial charge in [0.1, 0.15) is 61.0 Å². The van der Waals surface area contributed by atoms with E-state index in [-0.39, 0.29) is 51.8 Å². The number of phosphoric acid groups is 5. The van der Waals surface area contributed by atoms with Crippen molar-refractivity contribution in [2.24, 2.45) is 5.92 Å². The van der Waals surface area contributed by atoms with Gasteiger partial charge in [0.15, 0.2) is 69.1 Å². The van der Waals surface area contributed by atoms with Gasteiger partial charge in [-0.15, -0.1) is 0 Å². The number of hydrogen-bond donors (Lipinski definition) is 17. The maximum atomic E-state index is 14.2. The molecule has 12 heterocycles. The molecule has 13 rings (SSSR count). The molecule has 4 saturated heterocycles. The van der Waals surface area contributed by atoms with Crippen molar-refractivity contribution in [2.45, 2.75) is 98.0 Å². The van der Waals surface area contributed by atoms with E-state index in [1.165, 1.54) is 10.9 Å². The van der Waals surface area contributed by atoms with Gasteiger partial charge in [-0.1, -0.05) is 0 Å². The van der Waals surface area contributed by atoms with Gasteiger partial charge >= 0.3 is 39.1 Å². The van der Waals surface area contributed by atoms with Gasteiger partial charge in [0.2, 0.25) is 23.8 Å². The number of anilines is 4. The van der Waals surface area contributed by atoms with Gasteiger partial charge in [0, 0.05) is 19.4 Å². The quantitative estimate of drug-likeness (QED) is 0.0237. The number of nitrogens with two attached hydrogens (primary N) is 4. The van der Waals surface area contributed by atoms with Gasteiger partial charge < -0.3 is 91.5 Å².